The molecule has 10 heteroatoms. The van der Waals surface area contributed by atoms with Gasteiger partial charge in [0, 0.05) is 26.2 Å². The Hall–Kier alpha value is -2.20. The number of nitrogens with two attached hydrogens (primary N) is 4. The molecule has 0 atom stereocenters. The van der Waals surface area contributed by atoms with Gasteiger partial charge in [-0.3, -0.25) is 31.4 Å². The molecule has 1 aliphatic rings. The first-order valence-corrected chi connectivity index (χ1v) is 6.09. The van der Waals surface area contributed by atoms with Gasteiger partial charge in [0.2, 0.25) is 0 Å². The summed E-state index contributed by atoms with van der Waals surface area (Å²) in [5.74, 6) is -0.664. The van der Waals surface area contributed by atoms with E-state index in [-0.39, 0.29) is 23.3 Å². The lowest BCUT2D eigenvalue weighted by Crippen LogP contribution is -2.62. The van der Waals surface area contributed by atoms with Crippen LogP contribution in [0.2, 0.25) is 0 Å². The molecule has 0 amide bonds. The lowest BCUT2D eigenvalue weighted by atomic mass is 10.1. The predicted molar refractivity (Wildman–Crippen MR) is 78.4 cm³/mol. The summed E-state index contributed by atoms with van der Waals surface area (Å²) in [4.78, 5) is 3.64. The Morgan fingerprint density at radius 1 is 0.600 bits per heavy atom. The van der Waals surface area contributed by atoms with Gasteiger partial charge in [-0.05, 0) is 0 Å². The van der Waals surface area contributed by atoms with Crippen molar-refractivity contribution in [1.29, 1.82) is 21.6 Å². The standard InChI is InChI=1S/C10H22N10/c11-7(12)5(8(13)14)19-1-2-20(4-3-19)6(9(15)16)10(17)18/h5-6H,1-4H2,(H3,11,12)(H3,13,14)(H3,15,16)(H3,17,18). The van der Waals surface area contributed by atoms with Crippen LogP contribution >= 0.6 is 0 Å². The highest BCUT2D eigenvalue weighted by atomic mass is 15.3. The van der Waals surface area contributed by atoms with Gasteiger partial charge in [0.15, 0.2) is 0 Å². The minimum absolute atomic E-state index is 0.166. The Morgan fingerprint density at radius 2 is 0.800 bits per heavy atom. The van der Waals surface area contributed by atoms with E-state index in [1.165, 1.54) is 0 Å². The second kappa shape index (κ2) is 6.30. The molecule has 1 heterocycles. The van der Waals surface area contributed by atoms with Crippen LogP contribution in [0.3, 0.4) is 0 Å². The molecule has 0 aromatic rings. The summed E-state index contributed by atoms with van der Waals surface area (Å²) in [7, 11) is 0. The second-order valence-electron chi connectivity index (χ2n) is 4.70. The van der Waals surface area contributed by atoms with Crippen molar-refractivity contribution in [3.8, 4) is 0 Å². The quantitative estimate of drug-likeness (QED) is 0.189. The molecule has 12 N–H and O–H groups in total. The summed E-state index contributed by atoms with van der Waals surface area (Å²) < 4.78 is 0. The third-order valence-corrected chi connectivity index (χ3v) is 3.26. The highest BCUT2D eigenvalue weighted by Crippen LogP contribution is 2.10. The molecular weight excluding hydrogens is 260 g/mol. The lowest BCUT2D eigenvalue weighted by Gasteiger charge is -2.40. The van der Waals surface area contributed by atoms with Crippen molar-refractivity contribution in [1.82, 2.24) is 9.80 Å². The molecule has 112 valence electrons. The smallest absolute Gasteiger partial charge is 0.125 e. The highest BCUT2D eigenvalue weighted by Gasteiger charge is 2.32. The van der Waals surface area contributed by atoms with Gasteiger partial charge in [0.1, 0.15) is 35.4 Å². The molecule has 0 radical (unpaired) electrons. The Bertz CT molecular complexity index is 354. The van der Waals surface area contributed by atoms with Crippen LogP contribution in [0.5, 0.6) is 0 Å². The normalized spacial score (nSPS) is 20.0. The predicted octanol–water partition coefficient (Wildman–Crippen LogP) is -2.91. The third kappa shape index (κ3) is 3.42. The molecule has 0 aromatic carbocycles. The number of amidine groups is 4. The van der Waals surface area contributed by atoms with Gasteiger partial charge in [-0.2, -0.15) is 0 Å². The number of piperazine rings is 1. The molecule has 10 nitrogen and oxygen atoms in total. The summed E-state index contributed by atoms with van der Waals surface area (Å²) in [5, 5.41) is 29.9. The Balaban J connectivity index is 2.72. The average molecular weight is 282 g/mol. The van der Waals surface area contributed by atoms with Crippen LogP contribution in [0.15, 0.2) is 0 Å². The SMILES string of the molecule is N=C(N)C(C(=N)N)N1CCN(C(C(=N)N)C(=N)N)CC1. The largest absolute Gasteiger partial charge is 0.386 e. The van der Waals surface area contributed by atoms with E-state index in [0.717, 1.165) is 0 Å². The van der Waals surface area contributed by atoms with Gasteiger partial charge in [0.25, 0.3) is 0 Å². The third-order valence-electron chi connectivity index (χ3n) is 3.26. The molecule has 1 rings (SSSR count). The molecule has 0 saturated carbocycles. The fraction of sp³-hybridized carbons (Fsp3) is 0.600. The van der Waals surface area contributed by atoms with Crippen LogP contribution in [0.4, 0.5) is 0 Å². The molecule has 0 bridgehead atoms. The van der Waals surface area contributed by atoms with E-state index in [4.69, 9.17) is 44.6 Å². The fourth-order valence-corrected chi connectivity index (χ4v) is 2.38. The van der Waals surface area contributed by atoms with Crippen molar-refractivity contribution in [2.75, 3.05) is 26.2 Å². The summed E-state index contributed by atoms with van der Waals surface area (Å²) in [6.07, 6.45) is 0. The maximum Gasteiger partial charge on any atom is 0.125 e. The topological polar surface area (TPSA) is 206 Å². The fourth-order valence-electron chi connectivity index (χ4n) is 2.38. The first-order chi connectivity index (χ1) is 9.25. The zero-order valence-corrected chi connectivity index (χ0v) is 11.2. The van der Waals surface area contributed by atoms with Crippen LogP contribution < -0.4 is 22.9 Å². The summed E-state index contributed by atoms with van der Waals surface area (Å²) in [6, 6.07) is -1.41. The molecule has 1 saturated heterocycles. The first kappa shape index (κ1) is 15.9. The Labute approximate surface area is 117 Å². The monoisotopic (exact) mass is 282 g/mol. The average Bonchev–Trinajstić information content (AvgIpc) is 2.29. The maximum atomic E-state index is 7.48. The van der Waals surface area contributed by atoms with Crippen LogP contribution in [-0.2, 0) is 0 Å². The van der Waals surface area contributed by atoms with Crippen molar-refractivity contribution in [3.05, 3.63) is 0 Å². The molecule has 0 aromatic heterocycles. The van der Waals surface area contributed by atoms with Gasteiger partial charge in [-0.1, -0.05) is 0 Å². The summed E-state index contributed by atoms with van der Waals surface area (Å²) >= 11 is 0. The number of rotatable bonds is 6. The molecule has 0 unspecified atom stereocenters. The van der Waals surface area contributed by atoms with Gasteiger partial charge in [-0.25, -0.2) is 0 Å². The number of hydrogen-bond donors (Lipinski definition) is 8. The van der Waals surface area contributed by atoms with E-state index in [0.29, 0.717) is 26.2 Å². The van der Waals surface area contributed by atoms with E-state index in [1.54, 1.807) is 0 Å². The minimum Gasteiger partial charge on any atom is -0.386 e. The van der Waals surface area contributed by atoms with E-state index in [9.17, 15) is 0 Å². The molecule has 1 fully saturated rings. The van der Waals surface area contributed by atoms with Gasteiger partial charge < -0.3 is 22.9 Å². The summed E-state index contributed by atoms with van der Waals surface area (Å²) in [6.45, 7) is 2.00. The number of nitrogens with one attached hydrogen (secondary N) is 4. The van der Waals surface area contributed by atoms with E-state index in [1.807, 2.05) is 9.80 Å². The van der Waals surface area contributed by atoms with Gasteiger partial charge in [-0.15, -0.1) is 0 Å². The van der Waals surface area contributed by atoms with E-state index >= 15 is 0 Å². The zero-order valence-electron chi connectivity index (χ0n) is 11.2. The molecule has 0 aliphatic carbocycles. The van der Waals surface area contributed by atoms with E-state index < -0.39 is 12.1 Å². The first-order valence-electron chi connectivity index (χ1n) is 6.09. The molecule has 0 spiro atoms. The molecule has 1 aliphatic heterocycles. The van der Waals surface area contributed by atoms with Crippen molar-refractivity contribution in [2.45, 2.75) is 12.1 Å². The zero-order chi connectivity index (χ0) is 15.4. The maximum absolute atomic E-state index is 7.48. The number of hydrogen-bond acceptors (Lipinski definition) is 6. The van der Waals surface area contributed by atoms with Gasteiger partial charge >= 0.3 is 0 Å². The summed E-state index contributed by atoms with van der Waals surface area (Å²) in [5.41, 5.74) is 21.8. The minimum atomic E-state index is -0.703. The highest BCUT2D eigenvalue weighted by molar-refractivity contribution is 6.06. The molecule has 20 heavy (non-hydrogen) atoms. The van der Waals surface area contributed by atoms with Gasteiger partial charge in [0.05, 0.1) is 0 Å². The van der Waals surface area contributed by atoms with Crippen LogP contribution in [0.25, 0.3) is 0 Å². The van der Waals surface area contributed by atoms with Crippen molar-refractivity contribution in [2.24, 2.45) is 22.9 Å². The van der Waals surface area contributed by atoms with Crippen LogP contribution in [0.1, 0.15) is 0 Å². The van der Waals surface area contributed by atoms with E-state index in [2.05, 4.69) is 0 Å². The van der Waals surface area contributed by atoms with Crippen molar-refractivity contribution >= 4 is 23.3 Å². The molecular formula is C10H22N10. The van der Waals surface area contributed by atoms with Crippen LogP contribution in [-0.4, -0.2) is 71.4 Å². The lowest BCUT2D eigenvalue weighted by molar-refractivity contribution is 0.133. The Kier molecular flexibility index (Phi) is 5.00. The van der Waals surface area contributed by atoms with Crippen LogP contribution in [0, 0.1) is 21.6 Å². The number of nitrogens with zero attached hydrogens (tertiary/aromatic N) is 2. The Morgan fingerprint density at radius 3 is 0.950 bits per heavy atom. The second-order valence-corrected chi connectivity index (χ2v) is 4.70. The van der Waals surface area contributed by atoms with Crippen molar-refractivity contribution < 1.29 is 0 Å². The van der Waals surface area contributed by atoms with Crippen molar-refractivity contribution in [3.63, 3.8) is 0 Å².